The average Bonchev–Trinajstić information content (AvgIpc) is 2.54. The first-order valence-corrected chi connectivity index (χ1v) is 7.04. The van der Waals surface area contributed by atoms with Gasteiger partial charge in [-0.2, -0.15) is 5.10 Å². The Morgan fingerprint density at radius 1 is 1.12 bits per heavy atom. The standard InChI is InChI=1S/C17H18N2O5/c1-10-15(23-2)5-4-11(16(10)24-3)9-18-19-17(22)12-6-13(20)8-14(21)7-12/h4-9,20-21H,1-3H3,(H,19,22)/b18-9-. The fourth-order valence-corrected chi connectivity index (χ4v) is 2.24. The number of phenolic OH excluding ortho intramolecular Hbond substituents is 2. The highest BCUT2D eigenvalue weighted by atomic mass is 16.5. The van der Waals surface area contributed by atoms with Crippen LogP contribution in [0.2, 0.25) is 0 Å². The van der Waals surface area contributed by atoms with E-state index in [0.717, 1.165) is 11.6 Å². The van der Waals surface area contributed by atoms with Crippen molar-refractivity contribution < 1.29 is 24.5 Å². The van der Waals surface area contributed by atoms with Gasteiger partial charge in [-0.1, -0.05) is 0 Å². The number of carbonyl (C=O) groups excluding carboxylic acids is 1. The number of hydrogen-bond acceptors (Lipinski definition) is 6. The molecule has 0 aromatic heterocycles. The van der Waals surface area contributed by atoms with Crippen molar-refractivity contribution in [2.45, 2.75) is 6.92 Å². The summed E-state index contributed by atoms with van der Waals surface area (Å²) in [7, 11) is 3.10. The number of rotatable bonds is 5. The largest absolute Gasteiger partial charge is 0.508 e. The lowest BCUT2D eigenvalue weighted by Gasteiger charge is -2.11. The van der Waals surface area contributed by atoms with Gasteiger partial charge in [-0.25, -0.2) is 5.43 Å². The van der Waals surface area contributed by atoms with Crippen LogP contribution < -0.4 is 14.9 Å². The van der Waals surface area contributed by atoms with Gasteiger partial charge in [-0.3, -0.25) is 4.79 Å². The third-order valence-electron chi connectivity index (χ3n) is 3.35. The molecule has 2 aromatic carbocycles. The normalized spacial score (nSPS) is 10.6. The highest BCUT2D eigenvalue weighted by Gasteiger charge is 2.10. The average molecular weight is 330 g/mol. The van der Waals surface area contributed by atoms with Crippen LogP contribution in [0.5, 0.6) is 23.0 Å². The highest BCUT2D eigenvalue weighted by Crippen LogP contribution is 2.30. The van der Waals surface area contributed by atoms with Crippen molar-refractivity contribution >= 4 is 12.1 Å². The zero-order valence-electron chi connectivity index (χ0n) is 13.5. The molecule has 1 amide bonds. The van der Waals surface area contributed by atoms with Crippen LogP contribution in [0.15, 0.2) is 35.4 Å². The summed E-state index contributed by atoms with van der Waals surface area (Å²) in [6.45, 7) is 1.85. The Balaban J connectivity index is 2.17. The number of carbonyl (C=O) groups is 1. The molecule has 0 heterocycles. The molecule has 0 unspecified atom stereocenters. The van der Waals surface area contributed by atoms with Crippen LogP contribution in [-0.2, 0) is 0 Å². The molecular weight excluding hydrogens is 312 g/mol. The summed E-state index contributed by atoms with van der Waals surface area (Å²) in [4.78, 5) is 12.0. The van der Waals surface area contributed by atoms with Crippen LogP contribution >= 0.6 is 0 Å². The van der Waals surface area contributed by atoms with Crippen molar-refractivity contribution in [3.05, 3.63) is 47.0 Å². The Kier molecular flexibility index (Phi) is 5.26. The molecule has 2 aromatic rings. The van der Waals surface area contributed by atoms with E-state index < -0.39 is 5.91 Å². The van der Waals surface area contributed by atoms with E-state index in [2.05, 4.69) is 10.5 Å². The van der Waals surface area contributed by atoms with Crippen LogP contribution in [0.3, 0.4) is 0 Å². The Morgan fingerprint density at radius 3 is 2.38 bits per heavy atom. The van der Waals surface area contributed by atoms with Crippen molar-refractivity contribution in [3.63, 3.8) is 0 Å². The highest BCUT2D eigenvalue weighted by molar-refractivity contribution is 5.96. The van der Waals surface area contributed by atoms with Gasteiger partial charge in [0.25, 0.3) is 5.91 Å². The summed E-state index contributed by atoms with van der Waals surface area (Å²) >= 11 is 0. The van der Waals surface area contributed by atoms with Crippen molar-refractivity contribution in [3.8, 4) is 23.0 Å². The molecule has 0 saturated carbocycles. The molecule has 126 valence electrons. The molecule has 7 heteroatoms. The minimum absolute atomic E-state index is 0.0857. The molecule has 0 radical (unpaired) electrons. The number of methoxy groups -OCH3 is 2. The molecule has 0 saturated heterocycles. The quantitative estimate of drug-likeness (QED) is 0.576. The van der Waals surface area contributed by atoms with Crippen LogP contribution in [0.1, 0.15) is 21.5 Å². The molecule has 0 bridgehead atoms. The van der Waals surface area contributed by atoms with E-state index in [1.165, 1.54) is 25.5 Å². The fraction of sp³-hybridized carbons (Fsp3) is 0.176. The number of hydrazone groups is 1. The maximum Gasteiger partial charge on any atom is 0.271 e. The van der Waals surface area contributed by atoms with Crippen LogP contribution in [0, 0.1) is 6.92 Å². The SMILES string of the molecule is COc1ccc(/C=N\NC(=O)c2cc(O)cc(O)c2)c(OC)c1C. The van der Waals surface area contributed by atoms with E-state index in [1.807, 2.05) is 6.92 Å². The van der Waals surface area contributed by atoms with Crippen molar-refractivity contribution in [1.29, 1.82) is 0 Å². The summed E-state index contributed by atoms with van der Waals surface area (Å²) in [5.74, 6) is 0.278. The fourth-order valence-electron chi connectivity index (χ4n) is 2.24. The number of phenols is 2. The summed E-state index contributed by atoms with van der Waals surface area (Å²) in [6.07, 6.45) is 1.44. The van der Waals surface area contributed by atoms with E-state index in [1.54, 1.807) is 19.2 Å². The molecule has 0 aliphatic heterocycles. The smallest absolute Gasteiger partial charge is 0.271 e. The van der Waals surface area contributed by atoms with Gasteiger partial charge in [0, 0.05) is 22.8 Å². The molecule has 0 atom stereocenters. The monoisotopic (exact) mass is 330 g/mol. The molecule has 0 fully saturated rings. The maximum absolute atomic E-state index is 12.0. The molecule has 7 nitrogen and oxygen atoms in total. The molecule has 2 rings (SSSR count). The zero-order chi connectivity index (χ0) is 17.7. The minimum Gasteiger partial charge on any atom is -0.508 e. The predicted molar refractivity (Wildman–Crippen MR) is 89.1 cm³/mol. The van der Waals surface area contributed by atoms with Gasteiger partial charge < -0.3 is 19.7 Å². The second kappa shape index (κ2) is 7.36. The molecule has 24 heavy (non-hydrogen) atoms. The van der Waals surface area contributed by atoms with E-state index in [0.29, 0.717) is 17.1 Å². The Morgan fingerprint density at radius 2 is 1.79 bits per heavy atom. The second-order valence-electron chi connectivity index (χ2n) is 4.95. The van der Waals surface area contributed by atoms with Gasteiger partial charge >= 0.3 is 0 Å². The number of benzene rings is 2. The molecule has 0 spiro atoms. The maximum atomic E-state index is 12.0. The summed E-state index contributed by atoms with van der Waals surface area (Å²) in [6, 6.07) is 7.10. The van der Waals surface area contributed by atoms with E-state index in [9.17, 15) is 15.0 Å². The van der Waals surface area contributed by atoms with Gasteiger partial charge in [0.2, 0.25) is 0 Å². The lowest BCUT2D eigenvalue weighted by molar-refractivity contribution is 0.0954. The number of amides is 1. The predicted octanol–water partition coefficient (Wildman–Crippen LogP) is 2.19. The number of nitrogens with one attached hydrogen (secondary N) is 1. The first-order chi connectivity index (χ1) is 11.5. The van der Waals surface area contributed by atoms with Crippen molar-refractivity contribution in [1.82, 2.24) is 5.43 Å². The number of ether oxygens (including phenoxy) is 2. The number of aromatic hydroxyl groups is 2. The van der Waals surface area contributed by atoms with Crippen LogP contribution in [0.4, 0.5) is 0 Å². The van der Waals surface area contributed by atoms with E-state index in [-0.39, 0.29) is 17.1 Å². The van der Waals surface area contributed by atoms with Crippen molar-refractivity contribution in [2.75, 3.05) is 14.2 Å². The molecule has 0 aliphatic carbocycles. The number of nitrogens with zero attached hydrogens (tertiary/aromatic N) is 1. The van der Waals surface area contributed by atoms with Gasteiger partial charge in [0.05, 0.1) is 20.4 Å². The van der Waals surface area contributed by atoms with E-state index >= 15 is 0 Å². The first kappa shape index (κ1) is 17.1. The van der Waals surface area contributed by atoms with Crippen molar-refractivity contribution in [2.24, 2.45) is 5.10 Å². The van der Waals surface area contributed by atoms with Crippen LogP contribution in [-0.4, -0.2) is 36.6 Å². The summed E-state index contributed by atoms with van der Waals surface area (Å²) in [5.41, 5.74) is 3.88. The lowest BCUT2D eigenvalue weighted by atomic mass is 10.1. The van der Waals surface area contributed by atoms with Gasteiger partial charge in [-0.05, 0) is 31.2 Å². The topological polar surface area (TPSA) is 100 Å². The summed E-state index contributed by atoms with van der Waals surface area (Å²) in [5, 5.41) is 22.6. The Labute approximate surface area is 139 Å². The van der Waals surface area contributed by atoms with E-state index in [4.69, 9.17) is 9.47 Å². The van der Waals surface area contributed by atoms with Crippen LogP contribution in [0.25, 0.3) is 0 Å². The van der Waals surface area contributed by atoms with Gasteiger partial charge in [0.1, 0.15) is 23.0 Å². The molecular formula is C17H18N2O5. The molecule has 0 aliphatic rings. The summed E-state index contributed by atoms with van der Waals surface area (Å²) < 4.78 is 10.6. The molecule has 3 N–H and O–H groups in total. The number of hydrogen-bond donors (Lipinski definition) is 3. The second-order valence-corrected chi connectivity index (χ2v) is 4.95. The zero-order valence-corrected chi connectivity index (χ0v) is 13.5. The van der Waals surface area contributed by atoms with Gasteiger partial charge in [0.15, 0.2) is 0 Å². The minimum atomic E-state index is -0.568. The first-order valence-electron chi connectivity index (χ1n) is 7.04. The lowest BCUT2D eigenvalue weighted by Crippen LogP contribution is -2.17. The third kappa shape index (κ3) is 3.75. The van der Waals surface area contributed by atoms with Gasteiger partial charge in [-0.15, -0.1) is 0 Å². The Hall–Kier alpha value is -3.22. The third-order valence-corrected chi connectivity index (χ3v) is 3.35. The Bertz CT molecular complexity index is 767.